The molecule has 0 bridgehead atoms. The third-order valence-electron chi connectivity index (χ3n) is 6.37. The molecule has 0 aromatic heterocycles. The first-order valence-electron chi connectivity index (χ1n) is 12.0. The van der Waals surface area contributed by atoms with Crippen LogP contribution < -0.4 is 10.6 Å². The molecular formula is C26H34N2O8. The summed E-state index contributed by atoms with van der Waals surface area (Å²) in [5.41, 5.74) is -1.69. The number of ether oxygens (including phenoxy) is 3. The average Bonchev–Trinajstić information content (AvgIpc) is 3.48. The van der Waals surface area contributed by atoms with Gasteiger partial charge in [-0.15, -0.1) is 0 Å². The molecule has 3 N–H and O–H groups in total. The van der Waals surface area contributed by atoms with Crippen molar-refractivity contribution in [3.05, 3.63) is 48.7 Å². The summed E-state index contributed by atoms with van der Waals surface area (Å²) >= 11 is 0. The number of hydrogen-bond donors (Lipinski definition) is 3. The van der Waals surface area contributed by atoms with E-state index >= 15 is 0 Å². The molecule has 10 nitrogen and oxygen atoms in total. The lowest BCUT2D eigenvalue weighted by molar-refractivity contribution is -0.156. The van der Waals surface area contributed by atoms with Crippen molar-refractivity contribution in [2.45, 2.75) is 63.8 Å². The Bertz CT molecular complexity index is 1000. The van der Waals surface area contributed by atoms with Gasteiger partial charge in [-0.1, -0.05) is 36.9 Å². The van der Waals surface area contributed by atoms with Crippen LogP contribution in [0, 0.1) is 17.8 Å². The lowest BCUT2D eigenvalue weighted by atomic mass is 9.88. The van der Waals surface area contributed by atoms with E-state index < -0.39 is 65.0 Å². The Labute approximate surface area is 210 Å². The highest BCUT2D eigenvalue weighted by Crippen LogP contribution is 2.63. The number of benzene rings is 1. The number of aliphatic hydroxyl groups is 1. The fourth-order valence-electron chi connectivity index (χ4n) is 5.00. The molecule has 2 aliphatic rings. The first-order chi connectivity index (χ1) is 16.9. The Kier molecular flexibility index (Phi) is 8.08. The Morgan fingerprint density at radius 1 is 1.22 bits per heavy atom. The number of alkyl carbamates (subject to hydrolysis) is 1. The van der Waals surface area contributed by atoms with Crippen LogP contribution in [0.4, 0.5) is 4.79 Å². The maximum absolute atomic E-state index is 13.6. The quantitative estimate of drug-likeness (QED) is 0.264. The van der Waals surface area contributed by atoms with Crippen LogP contribution in [0.5, 0.6) is 0 Å². The van der Waals surface area contributed by atoms with Crippen LogP contribution in [0.2, 0.25) is 0 Å². The predicted octanol–water partition coefficient (Wildman–Crippen LogP) is 1.85. The summed E-state index contributed by atoms with van der Waals surface area (Å²) in [6.45, 7) is 10.1. The van der Waals surface area contributed by atoms with Gasteiger partial charge in [-0.25, -0.2) is 9.59 Å². The van der Waals surface area contributed by atoms with Crippen molar-refractivity contribution in [2.75, 3.05) is 6.61 Å². The number of rotatable bonds is 9. The van der Waals surface area contributed by atoms with Crippen LogP contribution in [-0.2, 0) is 35.0 Å². The maximum Gasteiger partial charge on any atom is 0.408 e. The Morgan fingerprint density at radius 2 is 1.89 bits per heavy atom. The van der Waals surface area contributed by atoms with Crippen LogP contribution in [0.25, 0.3) is 0 Å². The molecule has 0 radical (unpaired) electrons. The van der Waals surface area contributed by atoms with Crippen molar-refractivity contribution < 1.29 is 38.5 Å². The summed E-state index contributed by atoms with van der Waals surface area (Å²) in [6.07, 6.45) is -0.868. The van der Waals surface area contributed by atoms with Crippen LogP contribution in [0.3, 0.4) is 0 Å². The summed E-state index contributed by atoms with van der Waals surface area (Å²) in [4.78, 5) is 51.7. The Morgan fingerprint density at radius 3 is 2.47 bits per heavy atom. The van der Waals surface area contributed by atoms with Gasteiger partial charge in [0.25, 0.3) is 0 Å². The van der Waals surface area contributed by atoms with E-state index in [1.165, 1.54) is 0 Å². The SMILES string of the molecule is C=COC(=O)[C@H]1[C@H]2[C@@H]1[C@](NC(=O)[C@H](Cc1ccccc1)NC(=O)OC(C)(C)C)(C(=O)OCC)C[C@@H]2O. The van der Waals surface area contributed by atoms with Gasteiger partial charge in [-0.3, -0.25) is 9.59 Å². The fraction of sp³-hybridized carbons (Fsp3) is 0.538. The lowest BCUT2D eigenvalue weighted by Gasteiger charge is -2.33. The van der Waals surface area contributed by atoms with E-state index in [-0.39, 0.29) is 19.4 Å². The van der Waals surface area contributed by atoms with Crippen LogP contribution in [0.1, 0.15) is 39.7 Å². The molecule has 10 heteroatoms. The summed E-state index contributed by atoms with van der Waals surface area (Å²) in [5, 5.41) is 16.0. The molecule has 0 spiro atoms. The minimum Gasteiger partial charge on any atom is -0.464 e. The van der Waals surface area contributed by atoms with Crippen molar-refractivity contribution in [3.8, 4) is 0 Å². The molecule has 36 heavy (non-hydrogen) atoms. The van der Waals surface area contributed by atoms with Gasteiger partial charge in [0, 0.05) is 24.7 Å². The van der Waals surface area contributed by atoms with Gasteiger partial charge in [-0.05, 0) is 33.3 Å². The van der Waals surface area contributed by atoms with Gasteiger partial charge >= 0.3 is 18.0 Å². The zero-order valence-corrected chi connectivity index (χ0v) is 21.0. The molecule has 1 aromatic carbocycles. The van der Waals surface area contributed by atoms with Crippen molar-refractivity contribution in [3.63, 3.8) is 0 Å². The highest BCUT2D eigenvalue weighted by atomic mass is 16.6. The number of hydrogen-bond acceptors (Lipinski definition) is 8. The highest BCUT2D eigenvalue weighted by molar-refractivity contribution is 5.94. The normalized spacial score (nSPS) is 27.1. The molecule has 196 valence electrons. The molecule has 6 atom stereocenters. The van der Waals surface area contributed by atoms with Crippen molar-refractivity contribution in [1.29, 1.82) is 0 Å². The second kappa shape index (κ2) is 10.7. The van der Waals surface area contributed by atoms with E-state index in [1.807, 2.05) is 6.07 Å². The van der Waals surface area contributed by atoms with E-state index in [0.29, 0.717) is 0 Å². The fourth-order valence-corrected chi connectivity index (χ4v) is 5.00. The monoisotopic (exact) mass is 502 g/mol. The smallest absolute Gasteiger partial charge is 0.408 e. The van der Waals surface area contributed by atoms with E-state index in [2.05, 4.69) is 17.2 Å². The molecule has 0 unspecified atom stereocenters. The topological polar surface area (TPSA) is 140 Å². The molecule has 2 aliphatic carbocycles. The van der Waals surface area contributed by atoms with Crippen molar-refractivity contribution in [2.24, 2.45) is 17.8 Å². The van der Waals surface area contributed by atoms with E-state index in [1.54, 1.807) is 52.0 Å². The van der Waals surface area contributed by atoms with Gasteiger partial charge in [0.1, 0.15) is 17.2 Å². The summed E-state index contributed by atoms with van der Waals surface area (Å²) in [6, 6.07) is 7.92. The lowest BCUT2D eigenvalue weighted by Crippen LogP contribution is -2.62. The standard InChI is InChI=1S/C26H34N2O8/c1-6-34-22(31)19-18-17(29)14-26(20(18)19,23(32)35-7-2)28-21(30)16(13-15-11-9-8-10-12-15)27-24(33)36-25(3,4)5/h6,8-12,16-20,29H,1,7,13-14H2,2-5H3,(H,27,33)(H,28,30)/t16-,17-,18-,19-,20-,26-/m0/s1. The van der Waals surface area contributed by atoms with Gasteiger partial charge in [0.05, 0.1) is 24.9 Å². The minimum atomic E-state index is -1.66. The zero-order chi connectivity index (χ0) is 26.7. The largest absolute Gasteiger partial charge is 0.464 e. The van der Waals surface area contributed by atoms with E-state index in [0.717, 1.165) is 11.8 Å². The molecule has 0 heterocycles. The van der Waals surface area contributed by atoms with E-state index in [4.69, 9.17) is 14.2 Å². The number of carbonyl (C=O) groups excluding carboxylic acids is 4. The zero-order valence-electron chi connectivity index (χ0n) is 21.0. The predicted molar refractivity (Wildman–Crippen MR) is 128 cm³/mol. The maximum atomic E-state index is 13.6. The van der Waals surface area contributed by atoms with Gasteiger partial charge in [-0.2, -0.15) is 0 Å². The van der Waals surface area contributed by atoms with Crippen molar-refractivity contribution >= 4 is 23.9 Å². The third-order valence-corrected chi connectivity index (χ3v) is 6.37. The number of carbonyl (C=O) groups is 4. The van der Waals surface area contributed by atoms with Crippen LogP contribution in [0.15, 0.2) is 43.2 Å². The van der Waals surface area contributed by atoms with Crippen LogP contribution >= 0.6 is 0 Å². The molecule has 0 saturated heterocycles. The second-order valence-electron chi connectivity index (χ2n) is 10.1. The molecule has 0 aliphatic heterocycles. The highest BCUT2D eigenvalue weighted by Gasteiger charge is 2.76. The first-order valence-corrected chi connectivity index (χ1v) is 12.0. The van der Waals surface area contributed by atoms with Crippen LogP contribution in [-0.4, -0.2) is 58.9 Å². The first kappa shape index (κ1) is 27.2. The third kappa shape index (κ3) is 5.87. The molecule has 1 aromatic rings. The van der Waals surface area contributed by atoms with Gasteiger partial charge < -0.3 is 30.0 Å². The number of nitrogens with one attached hydrogen (secondary N) is 2. The molecule has 2 fully saturated rings. The molecule has 3 rings (SSSR count). The molecular weight excluding hydrogens is 468 g/mol. The average molecular weight is 503 g/mol. The summed E-state index contributed by atoms with van der Waals surface area (Å²) in [5.74, 6) is -4.17. The molecule has 2 amide bonds. The summed E-state index contributed by atoms with van der Waals surface area (Å²) in [7, 11) is 0. The number of esters is 2. The number of amides is 2. The summed E-state index contributed by atoms with van der Waals surface area (Å²) < 4.78 is 15.5. The second-order valence-corrected chi connectivity index (χ2v) is 10.1. The number of aliphatic hydroxyl groups excluding tert-OH is 1. The Hall–Kier alpha value is -3.40. The van der Waals surface area contributed by atoms with Gasteiger partial charge in [0.15, 0.2) is 0 Å². The Balaban J connectivity index is 1.89. The van der Waals surface area contributed by atoms with Crippen molar-refractivity contribution in [1.82, 2.24) is 10.6 Å². The molecule has 2 saturated carbocycles. The van der Waals surface area contributed by atoms with E-state index in [9.17, 15) is 24.3 Å². The minimum absolute atomic E-state index is 0.0370. The number of fused-ring (bicyclic) bond motifs is 1. The van der Waals surface area contributed by atoms with Gasteiger partial charge in [0.2, 0.25) is 5.91 Å².